The van der Waals surface area contributed by atoms with Crippen LogP contribution in [-0.4, -0.2) is 23.5 Å². The summed E-state index contributed by atoms with van der Waals surface area (Å²) in [5.41, 5.74) is 1.25. The van der Waals surface area contributed by atoms with E-state index < -0.39 is 5.97 Å². The molecule has 1 rings (SSSR count). The standard InChI is InChI=1S/C14H23NO3/c1-11(7-8-14(17)18)10-15-13(16)9-12-5-3-2-4-6-12/h5,11H,2-4,6-10H2,1H3,(H,15,16)(H,17,18). The summed E-state index contributed by atoms with van der Waals surface area (Å²) >= 11 is 0. The van der Waals surface area contributed by atoms with Gasteiger partial charge in [-0.15, -0.1) is 0 Å². The number of hydrogen-bond donors (Lipinski definition) is 2. The monoisotopic (exact) mass is 253 g/mol. The van der Waals surface area contributed by atoms with Crippen molar-refractivity contribution in [3.8, 4) is 0 Å². The molecule has 1 atom stereocenters. The van der Waals surface area contributed by atoms with Crippen LogP contribution in [0.25, 0.3) is 0 Å². The van der Waals surface area contributed by atoms with E-state index >= 15 is 0 Å². The number of carboxylic acid groups (broad SMARTS) is 1. The zero-order valence-electron chi connectivity index (χ0n) is 11.1. The third kappa shape index (κ3) is 6.42. The zero-order chi connectivity index (χ0) is 13.4. The molecule has 2 N–H and O–H groups in total. The molecular weight excluding hydrogens is 230 g/mol. The number of aliphatic carboxylic acids is 1. The van der Waals surface area contributed by atoms with Crippen molar-refractivity contribution in [2.24, 2.45) is 5.92 Å². The Labute approximate surface area is 108 Å². The zero-order valence-corrected chi connectivity index (χ0v) is 11.1. The molecule has 1 unspecified atom stereocenters. The van der Waals surface area contributed by atoms with Crippen LogP contribution in [0.4, 0.5) is 0 Å². The highest BCUT2D eigenvalue weighted by Gasteiger charge is 2.10. The highest BCUT2D eigenvalue weighted by Crippen LogP contribution is 2.19. The number of allylic oxidation sites excluding steroid dienone is 1. The van der Waals surface area contributed by atoms with Crippen LogP contribution in [0, 0.1) is 5.92 Å². The Balaban J connectivity index is 2.16. The fraction of sp³-hybridized carbons (Fsp3) is 0.714. The van der Waals surface area contributed by atoms with Gasteiger partial charge in [-0.3, -0.25) is 9.59 Å². The summed E-state index contributed by atoms with van der Waals surface area (Å²) in [6.07, 6.45) is 8.02. The van der Waals surface area contributed by atoms with Crippen LogP contribution >= 0.6 is 0 Å². The highest BCUT2D eigenvalue weighted by molar-refractivity contribution is 5.78. The molecule has 1 aliphatic carbocycles. The van der Waals surface area contributed by atoms with Gasteiger partial charge in [0.25, 0.3) is 0 Å². The molecule has 0 aromatic carbocycles. The number of carbonyl (C=O) groups excluding carboxylic acids is 1. The second-order valence-electron chi connectivity index (χ2n) is 5.13. The molecule has 0 saturated heterocycles. The molecule has 0 aliphatic heterocycles. The van der Waals surface area contributed by atoms with Gasteiger partial charge in [-0.05, 0) is 38.0 Å². The Morgan fingerprint density at radius 3 is 2.83 bits per heavy atom. The van der Waals surface area contributed by atoms with Crippen LogP contribution in [0.15, 0.2) is 11.6 Å². The molecule has 0 aromatic heterocycles. The molecule has 1 amide bonds. The van der Waals surface area contributed by atoms with Gasteiger partial charge in [0.1, 0.15) is 0 Å². The van der Waals surface area contributed by atoms with Gasteiger partial charge in [-0.25, -0.2) is 0 Å². The number of carbonyl (C=O) groups is 2. The van der Waals surface area contributed by atoms with Crippen LogP contribution in [0.1, 0.15) is 51.9 Å². The first kappa shape index (κ1) is 14.7. The molecule has 4 nitrogen and oxygen atoms in total. The Kier molecular flexibility index (Phi) is 6.47. The smallest absolute Gasteiger partial charge is 0.303 e. The van der Waals surface area contributed by atoms with Gasteiger partial charge in [0.2, 0.25) is 5.91 Å². The van der Waals surface area contributed by atoms with Gasteiger partial charge in [-0.2, -0.15) is 0 Å². The minimum absolute atomic E-state index is 0.0605. The SMILES string of the molecule is CC(CCC(=O)O)CNC(=O)CC1=CCCCC1. The van der Waals surface area contributed by atoms with Crippen LogP contribution in [-0.2, 0) is 9.59 Å². The fourth-order valence-corrected chi connectivity index (χ4v) is 2.09. The molecule has 18 heavy (non-hydrogen) atoms. The molecule has 0 fully saturated rings. The van der Waals surface area contributed by atoms with Crippen LogP contribution < -0.4 is 5.32 Å². The number of carboxylic acids is 1. The largest absolute Gasteiger partial charge is 0.481 e. The van der Waals surface area contributed by atoms with Crippen molar-refractivity contribution in [1.82, 2.24) is 5.32 Å². The van der Waals surface area contributed by atoms with Crippen molar-refractivity contribution in [3.05, 3.63) is 11.6 Å². The van der Waals surface area contributed by atoms with Gasteiger partial charge in [0.15, 0.2) is 0 Å². The first-order valence-corrected chi connectivity index (χ1v) is 6.74. The van der Waals surface area contributed by atoms with Crippen molar-refractivity contribution in [1.29, 1.82) is 0 Å². The lowest BCUT2D eigenvalue weighted by molar-refractivity contribution is -0.137. The first-order chi connectivity index (χ1) is 8.58. The lowest BCUT2D eigenvalue weighted by atomic mass is 9.97. The Hall–Kier alpha value is -1.32. The summed E-state index contributed by atoms with van der Waals surface area (Å²) in [6.45, 7) is 2.53. The Morgan fingerprint density at radius 1 is 1.44 bits per heavy atom. The third-order valence-corrected chi connectivity index (χ3v) is 3.27. The van der Waals surface area contributed by atoms with E-state index in [0.29, 0.717) is 19.4 Å². The van der Waals surface area contributed by atoms with E-state index in [-0.39, 0.29) is 18.2 Å². The van der Waals surface area contributed by atoms with Crippen molar-refractivity contribution < 1.29 is 14.7 Å². The summed E-state index contributed by atoms with van der Waals surface area (Å²) in [4.78, 5) is 22.1. The number of hydrogen-bond acceptors (Lipinski definition) is 2. The van der Waals surface area contributed by atoms with Crippen molar-refractivity contribution in [2.75, 3.05) is 6.54 Å². The maximum atomic E-state index is 11.7. The van der Waals surface area contributed by atoms with E-state index in [2.05, 4.69) is 11.4 Å². The average Bonchev–Trinajstić information content (AvgIpc) is 2.35. The summed E-state index contributed by atoms with van der Waals surface area (Å²) < 4.78 is 0. The number of amides is 1. The molecule has 1 aliphatic rings. The van der Waals surface area contributed by atoms with Gasteiger partial charge >= 0.3 is 5.97 Å². The molecular formula is C14H23NO3. The molecule has 0 saturated carbocycles. The number of nitrogens with one attached hydrogen (secondary N) is 1. The van der Waals surface area contributed by atoms with Gasteiger partial charge < -0.3 is 10.4 Å². The van der Waals surface area contributed by atoms with Gasteiger partial charge in [-0.1, -0.05) is 18.6 Å². The Morgan fingerprint density at radius 2 is 2.22 bits per heavy atom. The molecule has 102 valence electrons. The van der Waals surface area contributed by atoms with E-state index in [1.165, 1.54) is 18.4 Å². The third-order valence-electron chi connectivity index (χ3n) is 3.27. The highest BCUT2D eigenvalue weighted by atomic mass is 16.4. The molecule has 0 heterocycles. The second-order valence-corrected chi connectivity index (χ2v) is 5.13. The van der Waals surface area contributed by atoms with E-state index in [1.807, 2.05) is 6.92 Å². The van der Waals surface area contributed by atoms with Crippen LogP contribution in [0.5, 0.6) is 0 Å². The topological polar surface area (TPSA) is 66.4 Å². The maximum Gasteiger partial charge on any atom is 0.303 e. The van der Waals surface area contributed by atoms with Gasteiger partial charge in [0, 0.05) is 19.4 Å². The van der Waals surface area contributed by atoms with E-state index in [4.69, 9.17) is 5.11 Å². The number of rotatable bonds is 7. The quantitative estimate of drug-likeness (QED) is 0.685. The molecule has 0 aromatic rings. The van der Waals surface area contributed by atoms with Crippen LogP contribution in [0.2, 0.25) is 0 Å². The molecule has 0 spiro atoms. The van der Waals surface area contributed by atoms with Gasteiger partial charge in [0.05, 0.1) is 0 Å². The van der Waals surface area contributed by atoms with E-state index in [9.17, 15) is 9.59 Å². The Bertz CT molecular complexity index is 323. The summed E-state index contributed by atoms with van der Waals surface area (Å²) in [5.74, 6) is -0.503. The van der Waals surface area contributed by atoms with Crippen molar-refractivity contribution >= 4 is 11.9 Å². The van der Waals surface area contributed by atoms with E-state index in [0.717, 1.165) is 12.8 Å². The van der Waals surface area contributed by atoms with Crippen molar-refractivity contribution in [3.63, 3.8) is 0 Å². The minimum Gasteiger partial charge on any atom is -0.481 e. The molecule has 4 heteroatoms. The second kappa shape index (κ2) is 7.90. The summed E-state index contributed by atoms with van der Waals surface area (Å²) in [5, 5.41) is 11.4. The average molecular weight is 253 g/mol. The predicted molar refractivity (Wildman–Crippen MR) is 70.2 cm³/mol. The summed E-state index contributed by atoms with van der Waals surface area (Å²) in [7, 11) is 0. The van der Waals surface area contributed by atoms with Crippen molar-refractivity contribution in [2.45, 2.75) is 51.9 Å². The predicted octanol–water partition coefficient (Wildman–Crippen LogP) is 2.49. The molecule has 0 bridgehead atoms. The lowest BCUT2D eigenvalue weighted by Crippen LogP contribution is -2.28. The minimum atomic E-state index is -0.777. The first-order valence-electron chi connectivity index (χ1n) is 6.74. The normalized spacial score (nSPS) is 16.8. The van der Waals surface area contributed by atoms with E-state index in [1.54, 1.807) is 0 Å². The van der Waals surface area contributed by atoms with Crippen LogP contribution in [0.3, 0.4) is 0 Å². The fourth-order valence-electron chi connectivity index (χ4n) is 2.09. The maximum absolute atomic E-state index is 11.7. The summed E-state index contributed by atoms with van der Waals surface area (Å²) in [6, 6.07) is 0. The molecule has 0 radical (unpaired) electrons. The lowest BCUT2D eigenvalue weighted by Gasteiger charge is -2.14.